The van der Waals surface area contributed by atoms with Crippen molar-refractivity contribution in [2.24, 2.45) is 0 Å². The molecule has 122 valence electrons. The molecule has 0 fully saturated rings. The highest BCUT2D eigenvalue weighted by molar-refractivity contribution is 5.96. The van der Waals surface area contributed by atoms with E-state index in [1.165, 1.54) is 7.11 Å². The molecule has 2 rings (SSSR count). The monoisotopic (exact) mass is 315 g/mol. The van der Waals surface area contributed by atoms with Crippen LogP contribution in [0.1, 0.15) is 16.8 Å². The van der Waals surface area contributed by atoms with Crippen LogP contribution in [0.2, 0.25) is 0 Å². The Morgan fingerprint density at radius 2 is 1.87 bits per heavy atom. The van der Waals surface area contributed by atoms with E-state index in [0.29, 0.717) is 29.3 Å². The number of esters is 1. The number of hydrogen-bond acceptors (Lipinski definition) is 6. The Labute approximate surface area is 136 Å². The Kier molecular flexibility index (Phi) is 6.05. The van der Waals surface area contributed by atoms with E-state index in [9.17, 15) is 4.79 Å². The average Bonchev–Trinajstić information content (AvgIpc) is 2.58. The summed E-state index contributed by atoms with van der Waals surface area (Å²) in [6.45, 7) is 1.57. The molecular weight excluding hydrogens is 294 g/mol. The molecule has 0 unspecified atom stereocenters. The lowest BCUT2D eigenvalue weighted by Crippen LogP contribution is -2.15. The van der Waals surface area contributed by atoms with Gasteiger partial charge < -0.3 is 14.4 Å². The molecular formula is C17H21N3O3. The van der Waals surface area contributed by atoms with Gasteiger partial charge in [-0.15, -0.1) is 0 Å². The minimum absolute atomic E-state index is 0.409. The van der Waals surface area contributed by atoms with Crippen molar-refractivity contribution in [2.75, 3.05) is 34.4 Å². The van der Waals surface area contributed by atoms with Gasteiger partial charge in [-0.3, -0.25) is 0 Å². The summed E-state index contributed by atoms with van der Waals surface area (Å²) >= 11 is 0. The van der Waals surface area contributed by atoms with E-state index in [-0.39, 0.29) is 0 Å². The van der Waals surface area contributed by atoms with Gasteiger partial charge in [0.1, 0.15) is 0 Å². The van der Waals surface area contributed by atoms with Crippen LogP contribution in [0.4, 0.5) is 0 Å². The second-order valence-electron chi connectivity index (χ2n) is 5.28. The van der Waals surface area contributed by atoms with Crippen LogP contribution in [-0.4, -0.2) is 55.2 Å². The minimum atomic E-state index is -0.409. The van der Waals surface area contributed by atoms with Gasteiger partial charge >= 0.3 is 5.97 Å². The predicted molar refractivity (Wildman–Crippen MR) is 87.5 cm³/mol. The maximum Gasteiger partial charge on any atom is 0.338 e. The molecule has 6 heteroatoms. The summed E-state index contributed by atoms with van der Waals surface area (Å²) in [6.07, 6.45) is 4.16. The molecule has 0 bridgehead atoms. The second-order valence-corrected chi connectivity index (χ2v) is 5.28. The van der Waals surface area contributed by atoms with E-state index in [1.807, 2.05) is 20.2 Å². The molecule has 0 radical (unpaired) electrons. The number of benzene rings is 1. The van der Waals surface area contributed by atoms with Gasteiger partial charge in [0.05, 0.1) is 31.7 Å². The Morgan fingerprint density at radius 3 is 2.52 bits per heavy atom. The lowest BCUT2D eigenvalue weighted by Gasteiger charge is -2.10. The van der Waals surface area contributed by atoms with Crippen LogP contribution in [0, 0.1) is 0 Å². The summed E-state index contributed by atoms with van der Waals surface area (Å²) < 4.78 is 10.4. The molecule has 0 saturated carbocycles. The van der Waals surface area contributed by atoms with Crippen molar-refractivity contribution in [3.63, 3.8) is 0 Å². The first-order valence-corrected chi connectivity index (χ1v) is 7.39. The largest absolute Gasteiger partial charge is 0.490 e. The third kappa shape index (κ3) is 4.75. The molecule has 0 saturated heterocycles. The summed E-state index contributed by atoms with van der Waals surface area (Å²) in [4.78, 5) is 22.5. The van der Waals surface area contributed by atoms with Gasteiger partial charge in [-0.05, 0) is 26.6 Å². The van der Waals surface area contributed by atoms with Gasteiger partial charge in [-0.25, -0.2) is 14.8 Å². The van der Waals surface area contributed by atoms with E-state index in [2.05, 4.69) is 14.9 Å². The van der Waals surface area contributed by atoms with Crippen LogP contribution in [0.15, 0.2) is 36.7 Å². The van der Waals surface area contributed by atoms with Crippen molar-refractivity contribution in [3.05, 3.63) is 42.2 Å². The molecule has 0 aliphatic carbocycles. The third-order valence-corrected chi connectivity index (χ3v) is 3.22. The van der Waals surface area contributed by atoms with Crippen molar-refractivity contribution in [1.82, 2.24) is 14.9 Å². The van der Waals surface area contributed by atoms with Crippen LogP contribution in [-0.2, 0) is 4.74 Å². The zero-order chi connectivity index (χ0) is 16.7. The van der Waals surface area contributed by atoms with Gasteiger partial charge in [-0.1, -0.05) is 18.2 Å². The maximum absolute atomic E-state index is 11.8. The fourth-order valence-corrected chi connectivity index (χ4v) is 2.07. The zero-order valence-corrected chi connectivity index (χ0v) is 13.7. The fourth-order valence-electron chi connectivity index (χ4n) is 2.07. The van der Waals surface area contributed by atoms with Crippen LogP contribution >= 0.6 is 0 Å². The average molecular weight is 315 g/mol. The summed E-state index contributed by atoms with van der Waals surface area (Å²) in [5, 5.41) is 0. The number of aromatic nitrogens is 2. The zero-order valence-electron chi connectivity index (χ0n) is 13.7. The number of ether oxygens (including phenoxy) is 2. The molecule has 6 nitrogen and oxygen atoms in total. The van der Waals surface area contributed by atoms with Crippen molar-refractivity contribution in [1.29, 1.82) is 0 Å². The van der Waals surface area contributed by atoms with E-state index in [4.69, 9.17) is 9.47 Å². The predicted octanol–water partition coefficient (Wildman–Crippen LogP) is 2.26. The molecule has 0 atom stereocenters. The van der Waals surface area contributed by atoms with Gasteiger partial charge in [0.25, 0.3) is 0 Å². The third-order valence-electron chi connectivity index (χ3n) is 3.22. The fraction of sp³-hybridized carbons (Fsp3) is 0.353. The van der Waals surface area contributed by atoms with Gasteiger partial charge in [0, 0.05) is 12.1 Å². The Balaban J connectivity index is 2.07. The molecule has 0 aliphatic heterocycles. The van der Waals surface area contributed by atoms with Crippen LogP contribution in [0.3, 0.4) is 0 Å². The van der Waals surface area contributed by atoms with Gasteiger partial charge in [0.2, 0.25) is 0 Å². The lowest BCUT2D eigenvalue weighted by molar-refractivity contribution is 0.0601. The lowest BCUT2D eigenvalue weighted by atomic mass is 10.1. The van der Waals surface area contributed by atoms with E-state index >= 15 is 0 Å². The van der Waals surface area contributed by atoms with Gasteiger partial charge in [0.15, 0.2) is 11.6 Å². The number of nitrogens with zero attached hydrogens (tertiary/aromatic N) is 3. The molecule has 1 aromatic heterocycles. The summed E-state index contributed by atoms with van der Waals surface area (Å²) in [6, 6.07) is 7.09. The molecule has 23 heavy (non-hydrogen) atoms. The molecule has 2 aromatic rings. The van der Waals surface area contributed by atoms with E-state index in [0.717, 1.165) is 13.0 Å². The van der Waals surface area contributed by atoms with Crippen LogP contribution in [0.5, 0.6) is 5.75 Å². The van der Waals surface area contributed by atoms with E-state index < -0.39 is 5.97 Å². The van der Waals surface area contributed by atoms with Crippen LogP contribution in [0.25, 0.3) is 11.4 Å². The molecule has 1 aromatic carbocycles. The number of rotatable bonds is 7. The Hall–Kier alpha value is -2.47. The first-order valence-electron chi connectivity index (χ1n) is 7.39. The Morgan fingerprint density at radius 1 is 1.17 bits per heavy atom. The molecule has 0 amide bonds. The standard InChI is InChI=1S/C17H21N3O3/c1-20(2)9-6-10-23-13-11-18-16(19-12-13)14-7-4-5-8-15(14)17(21)22-3/h4-5,7-8,11-12H,6,9-10H2,1-3H3. The van der Waals surface area contributed by atoms with Crippen molar-refractivity contribution in [2.45, 2.75) is 6.42 Å². The molecule has 1 heterocycles. The first kappa shape index (κ1) is 16.9. The first-order chi connectivity index (χ1) is 11.1. The summed E-state index contributed by atoms with van der Waals surface area (Å²) in [5.41, 5.74) is 1.08. The second kappa shape index (κ2) is 8.24. The Bertz CT molecular complexity index is 642. The number of hydrogen-bond donors (Lipinski definition) is 0. The summed E-state index contributed by atoms with van der Waals surface area (Å²) in [5.74, 6) is 0.669. The van der Waals surface area contributed by atoms with Crippen molar-refractivity contribution in [3.8, 4) is 17.1 Å². The highest BCUT2D eigenvalue weighted by Crippen LogP contribution is 2.21. The highest BCUT2D eigenvalue weighted by Gasteiger charge is 2.14. The molecule has 0 N–H and O–H groups in total. The highest BCUT2D eigenvalue weighted by atomic mass is 16.5. The van der Waals surface area contributed by atoms with Crippen molar-refractivity contribution < 1.29 is 14.3 Å². The number of carbonyl (C=O) groups is 1. The number of methoxy groups -OCH3 is 1. The summed E-state index contributed by atoms with van der Waals surface area (Å²) in [7, 11) is 5.40. The molecule has 0 aliphatic rings. The van der Waals surface area contributed by atoms with E-state index in [1.54, 1.807) is 30.6 Å². The SMILES string of the molecule is COC(=O)c1ccccc1-c1ncc(OCCCN(C)C)cn1. The molecule has 0 spiro atoms. The van der Waals surface area contributed by atoms with Crippen molar-refractivity contribution >= 4 is 5.97 Å². The van der Waals surface area contributed by atoms with Gasteiger partial charge in [-0.2, -0.15) is 0 Å². The minimum Gasteiger partial charge on any atom is -0.490 e. The number of carbonyl (C=O) groups excluding carboxylic acids is 1. The van der Waals surface area contributed by atoms with Crippen LogP contribution < -0.4 is 4.74 Å². The quantitative estimate of drug-likeness (QED) is 0.577. The smallest absolute Gasteiger partial charge is 0.338 e. The maximum atomic E-state index is 11.8. The topological polar surface area (TPSA) is 64.6 Å². The normalized spacial score (nSPS) is 10.6.